The number of piperazine rings is 1. The minimum Gasteiger partial charge on any atom is -0.379 e. The van der Waals surface area contributed by atoms with Gasteiger partial charge in [0.15, 0.2) is 5.11 Å². The van der Waals surface area contributed by atoms with Crippen molar-refractivity contribution in [3.63, 3.8) is 0 Å². The standard InChI is InChI=1S/C18H28N4O3S2/c1-16-2-4-17(5-3-16)27(23,24)22-10-8-21(9-11-22)18(26)19-6-7-20-12-14-25-15-13-20/h2-5H,6-15H2,1H3,(H,19,26). The summed E-state index contributed by atoms with van der Waals surface area (Å²) in [5.41, 5.74) is 1.05. The second kappa shape index (κ2) is 9.29. The van der Waals surface area contributed by atoms with Crippen LogP contribution in [0.3, 0.4) is 0 Å². The molecule has 3 rings (SSSR count). The van der Waals surface area contributed by atoms with Gasteiger partial charge in [-0.25, -0.2) is 8.42 Å². The number of hydrogen-bond acceptors (Lipinski definition) is 5. The molecule has 2 saturated heterocycles. The SMILES string of the molecule is Cc1ccc(S(=O)(=O)N2CCN(C(=S)NCCN3CCOCC3)CC2)cc1. The molecule has 150 valence electrons. The number of benzene rings is 1. The second-order valence-corrected chi connectivity index (χ2v) is 9.21. The number of morpholine rings is 1. The zero-order valence-electron chi connectivity index (χ0n) is 15.8. The van der Waals surface area contributed by atoms with Crippen LogP contribution in [-0.4, -0.2) is 93.2 Å². The van der Waals surface area contributed by atoms with Gasteiger partial charge in [-0.1, -0.05) is 17.7 Å². The van der Waals surface area contributed by atoms with Gasteiger partial charge >= 0.3 is 0 Å². The van der Waals surface area contributed by atoms with Crippen molar-refractivity contribution in [2.45, 2.75) is 11.8 Å². The smallest absolute Gasteiger partial charge is 0.243 e. The highest BCUT2D eigenvalue weighted by Gasteiger charge is 2.29. The Kier molecular flexibility index (Phi) is 7.04. The molecule has 1 aromatic rings. The van der Waals surface area contributed by atoms with Crippen LogP contribution in [0, 0.1) is 6.92 Å². The van der Waals surface area contributed by atoms with Crippen molar-refractivity contribution >= 4 is 27.4 Å². The molecule has 2 heterocycles. The predicted molar refractivity (Wildman–Crippen MR) is 109 cm³/mol. The van der Waals surface area contributed by atoms with E-state index in [9.17, 15) is 8.42 Å². The molecule has 7 nitrogen and oxygen atoms in total. The molecular formula is C18H28N4O3S2. The molecule has 1 aromatic carbocycles. The molecule has 0 saturated carbocycles. The third-order valence-electron chi connectivity index (χ3n) is 4.99. The van der Waals surface area contributed by atoms with Crippen molar-refractivity contribution in [3.05, 3.63) is 29.8 Å². The summed E-state index contributed by atoms with van der Waals surface area (Å²) in [6, 6.07) is 7.01. The number of nitrogens with zero attached hydrogens (tertiary/aromatic N) is 3. The molecule has 1 N–H and O–H groups in total. The Morgan fingerprint density at radius 2 is 1.70 bits per heavy atom. The average molecular weight is 413 g/mol. The quantitative estimate of drug-likeness (QED) is 0.707. The monoisotopic (exact) mass is 412 g/mol. The molecule has 2 aliphatic heterocycles. The number of nitrogens with one attached hydrogen (secondary N) is 1. The molecule has 0 amide bonds. The van der Waals surface area contributed by atoms with E-state index < -0.39 is 10.0 Å². The molecule has 2 fully saturated rings. The maximum atomic E-state index is 12.8. The molecule has 0 aromatic heterocycles. The summed E-state index contributed by atoms with van der Waals surface area (Å²) >= 11 is 5.48. The topological polar surface area (TPSA) is 65.1 Å². The van der Waals surface area contributed by atoms with Crippen molar-refractivity contribution < 1.29 is 13.2 Å². The van der Waals surface area contributed by atoms with Crippen LogP contribution >= 0.6 is 12.2 Å². The molecule has 0 bridgehead atoms. The first-order valence-corrected chi connectivity index (χ1v) is 11.2. The Hall–Kier alpha value is -1.26. The fourth-order valence-electron chi connectivity index (χ4n) is 3.25. The van der Waals surface area contributed by atoms with Crippen LogP contribution in [0.25, 0.3) is 0 Å². The molecule has 0 radical (unpaired) electrons. The Labute approximate surface area is 167 Å². The molecule has 0 aliphatic carbocycles. The van der Waals surface area contributed by atoms with Gasteiger partial charge in [0.05, 0.1) is 18.1 Å². The van der Waals surface area contributed by atoms with E-state index in [1.165, 1.54) is 0 Å². The largest absolute Gasteiger partial charge is 0.379 e. The highest BCUT2D eigenvalue weighted by molar-refractivity contribution is 7.89. The van der Waals surface area contributed by atoms with Crippen molar-refractivity contribution in [2.24, 2.45) is 0 Å². The number of aryl methyl sites for hydroxylation is 1. The van der Waals surface area contributed by atoms with Gasteiger partial charge in [0.25, 0.3) is 0 Å². The van der Waals surface area contributed by atoms with E-state index in [1.54, 1.807) is 16.4 Å². The van der Waals surface area contributed by atoms with Crippen LogP contribution in [0.2, 0.25) is 0 Å². The lowest BCUT2D eigenvalue weighted by atomic mass is 10.2. The first kappa shape index (κ1) is 20.5. The number of sulfonamides is 1. The van der Waals surface area contributed by atoms with E-state index in [0.29, 0.717) is 36.2 Å². The van der Waals surface area contributed by atoms with E-state index in [0.717, 1.165) is 45.0 Å². The zero-order chi connectivity index (χ0) is 19.3. The lowest BCUT2D eigenvalue weighted by Crippen LogP contribution is -2.53. The van der Waals surface area contributed by atoms with Crippen molar-refractivity contribution in [3.8, 4) is 0 Å². The van der Waals surface area contributed by atoms with Crippen molar-refractivity contribution in [1.29, 1.82) is 0 Å². The minimum absolute atomic E-state index is 0.354. The molecule has 0 unspecified atom stereocenters. The van der Waals surface area contributed by atoms with Gasteiger partial charge in [-0.2, -0.15) is 4.31 Å². The zero-order valence-corrected chi connectivity index (χ0v) is 17.4. The molecule has 27 heavy (non-hydrogen) atoms. The fraction of sp³-hybridized carbons (Fsp3) is 0.611. The van der Waals surface area contributed by atoms with Crippen LogP contribution in [0.4, 0.5) is 0 Å². The number of hydrogen-bond donors (Lipinski definition) is 1. The van der Waals surface area contributed by atoms with E-state index in [1.807, 2.05) is 19.1 Å². The van der Waals surface area contributed by atoms with Crippen LogP contribution in [0.1, 0.15) is 5.56 Å². The van der Waals surface area contributed by atoms with Gasteiger partial charge in [-0.15, -0.1) is 0 Å². The number of thiocarbonyl (C=S) groups is 1. The molecule has 0 atom stereocenters. The van der Waals surface area contributed by atoms with E-state index in [-0.39, 0.29) is 0 Å². The van der Waals surface area contributed by atoms with Gasteiger partial charge in [0, 0.05) is 52.4 Å². The summed E-state index contributed by atoms with van der Waals surface area (Å²) in [4.78, 5) is 4.76. The van der Waals surface area contributed by atoms with E-state index in [2.05, 4.69) is 15.1 Å². The maximum Gasteiger partial charge on any atom is 0.243 e. The summed E-state index contributed by atoms with van der Waals surface area (Å²) in [5, 5.41) is 4.00. The number of ether oxygens (including phenoxy) is 1. The second-order valence-electron chi connectivity index (χ2n) is 6.89. The van der Waals surface area contributed by atoms with Gasteiger partial charge in [-0.3, -0.25) is 4.90 Å². The van der Waals surface area contributed by atoms with E-state index >= 15 is 0 Å². The summed E-state index contributed by atoms with van der Waals surface area (Å²) < 4.78 is 32.4. The first-order chi connectivity index (χ1) is 13.0. The van der Waals surface area contributed by atoms with Crippen LogP contribution in [0.15, 0.2) is 29.2 Å². The first-order valence-electron chi connectivity index (χ1n) is 9.36. The summed E-state index contributed by atoms with van der Waals surface area (Å²) in [6.07, 6.45) is 0. The van der Waals surface area contributed by atoms with Gasteiger partial charge < -0.3 is 15.0 Å². The average Bonchev–Trinajstić information content (AvgIpc) is 2.69. The predicted octanol–water partition coefficient (Wildman–Crippen LogP) is 0.508. The third-order valence-corrected chi connectivity index (χ3v) is 7.31. The normalized spacial score (nSPS) is 19.8. The third kappa shape index (κ3) is 5.39. The van der Waals surface area contributed by atoms with Crippen LogP contribution in [-0.2, 0) is 14.8 Å². The molecular weight excluding hydrogens is 384 g/mol. The van der Waals surface area contributed by atoms with Crippen molar-refractivity contribution in [2.75, 3.05) is 65.6 Å². The summed E-state index contributed by atoms with van der Waals surface area (Å²) in [5.74, 6) is 0. The van der Waals surface area contributed by atoms with Gasteiger partial charge in [-0.05, 0) is 31.3 Å². The molecule has 2 aliphatic rings. The van der Waals surface area contributed by atoms with Gasteiger partial charge in [0.1, 0.15) is 0 Å². The Morgan fingerprint density at radius 3 is 2.33 bits per heavy atom. The fourth-order valence-corrected chi connectivity index (χ4v) is 4.96. The van der Waals surface area contributed by atoms with Gasteiger partial charge in [0.2, 0.25) is 10.0 Å². The highest BCUT2D eigenvalue weighted by Crippen LogP contribution is 2.18. The lowest BCUT2D eigenvalue weighted by molar-refractivity contribution is 0.0388. The minimum atomic E-state index is -3.43. The van der Waals surface area contributed by atoms with E-state index in [4.69, 9.17) is 17.0 Å². The maximum absolute atomic E-state index is 12.8. The molecule has 9 heteroatoms. The summed E-state index contributed by atoms with van der Waals surface area (Å²) in [7, 11) is -3.43. The van der Waals surface area contributed by atoms with Crippen LogP contribution in [0.5, 0.6) is 0 Å². The number of rotatable bonds is 5. The molecule has 0 spiro atoms. The van der Waals surface area contributed by atoms with Crippen molar-refractivity contribution in [1.82, 2.24) is 19.4 Å². The van der Waals surface area contributed by atoms with Crippen LogP contribution < -0.4 is 5.32 Å². The Bertz CT molecular complexity index is 725. The highest BCUT2D eigenvalue weighted by atomic mass is 32.2. The Morgan fingerprint density at radius 1 is 1.07 bits per heavy atom. The lowest BCUT2D eigenvalue weighted by Gasteiger charge is -2.35. The summed E-state index contributed by atoms with van der Waals surface area (Å²) in [6.45, 7) is 9.29. The Balaban J connectivity index is 1.45.